The molecule has 2 amide bonds. The summed E-state index contributed by atoms with van der Waals surface area (Å²) in [6.45, 7) is 2.04. The zero-order valence-electron chi connectivity index (χ0n) is 17.6. The number of hydrogen-bond acceptors (Lipinski definition) is 3. The van der Waals surface area contributed by atoms with Gasteiger partial charge in [0.25, 0.3) is 11.8 Å². The highest BCUT2D eigenvalue weighted by Gasteiger charge is 2.28. The third-order valence-electron chi connectivity index (χ3n) is 5.98. The molecule has 0 saturated heterocycles. The number of likely N-dealkylation sites (N-methyl/N-ethyl adjacent to an activating group) is 1. The summed E-state index contributed by atoms with van der Waals surface area (Å²) in [7, 11) is 1.78. The number of anilines is 1. The maximum atomic E-state index is 13.0. The summed E-state index contributed by atoms with van der Waals surface area (Å²) < 4.78 is 0. The fourth-order valence-corrected chi connectivity index (χ4v) is 5.20. The molecule has 1 fully saturated rings. The van der Waals surface area contributed by atoms with Crippen molar-refractivity contribution in [1.82, 2.24) is 5.32 Å². The fourth-order valence-electron chi connectivity index (χ4n) is 4.12. The third kappa shape index (κ3) is 4.46. The maximum absolute atomic E-state index is 13.0. The van der Waals surface area contributed by atoms with E-state index in [1.54, 1.807) is 11.9 Å². The Hall–Kier alpha value is -2.53. The lowest BCUT2D eigenvalue weighted by molar-refractivity contribution is -0.114. The lowest BCUT2D eigenvalue weighted by Crippen LogP contribution is -2.35. The van der Waals surface area contributed by atoms with Crippen LogP contribution >= 0.6 is 11.8 Å². The number of thioether (sulfide) groups is 1. The van der Waals surface area contributed by atoms with E-state index in [1.165, 1.54) is 37.4 Å². The minimum atomic E-state index is -0.0446. The standard InChI is InChI=1S/C25H28N2O2S/c1-17-9-7-8-10-18(17)16-23-25(29)27(2)21-15-19(13-14-22(21)30-23)24(28)26-20-11-5-3-4-6-12-20/h7-10,13-16,20H,3-6,11-12H2,1-2H3,(H,26,28)/b23-16-. The average Bonchev–Trinajstić information content (AvgIpc) is 3.02. The molecule has 0 atom stereocenters. The summed E-state index contributed by atoms with van der Waals surface area (Å²) in [5.41, 5.74) is 3.59. The Morgan fingerprint density at radius 2 is 1.83 bits per heavy atom. The summed E-state index contributed by atoms with van der Waals surface area (Å²) in [5.74, 6) is -0.0890. The van der Waals surface area contributed by atoms with Crippen molar-refractivity contribution in [3.63, 3.8) is 0 Å². The Morgan fingerprint density at radius 3 is 2.57 bits per heavy atom. The Balaban J connectivity index is 1.55. The Kier molecular flexibility index (Phi) is 6.28. The normalized spacial score (nSPS) is 18.8. The van der Waals surface area contributed by atoms with Crippen LogP contribution in [-0.4, -0.2) is 24.9 Å². The van der Waals surface area contributed by atoms with Crippen LogP contribution in [0.25, 0.3) is 6.08 Å². The van der Waals surface area contributed by atoms with Crippen LogP contribution in [0.4, 0.5) is 5.69 Å². The smallest absolute Gasteiger partial charge is 0.264 e. The van der Waals surface area contributed by atoms with Crippen molar-refractivity contribution < 1.29 is 9.59 Å². The van der Waals surface area contributed by atoms with Gasteiger partial charge >= 0.3 is 0 Å². The van der Waals surface area contributed by atoms with Gasteiger partial charge in [0.1, 0.15) is 0 Å². The van der Waals surface area contributed by atoms with Gasteiger partial charge < -0.3 is 10.2 Å². The third-order valence-corrected chi connectivity index (χ3v) is 7.06. The molecule has 2 aliphatic rings. The van der Waals surface area contributed by atoms with Crippen LogP contribution < -0.4 is 10.2 Å². The topological polar surface area (TPSA) is 49.4 Å². The quantitative estimate of drug-likeness (QED) is 0.523. The molecule has 0 spiro atoms. The molecule has 1 saturated carbocycles. The molecule has 1 aliphatic carbocycles. The first-order chi connectivity index (χ1) is 14.5. The van der Waals surface area contributed by atoms with Gasteiger partial charge in [-0.2, -0.15) is 0 Å². The number of nitrogens with one attached hydrogen (secondary N) is 1. The molecule has 0 bridgehead atoms. The van der Waals surface area contributed by atoms with E-state index in [-0.39, 0.29) is 17.9 Å². The number of carbonyl (C=O) groups is 2. The predicted octanol–water partition coefficient (Wildman–Crippen LogP) is 5.56. The number of nitrogens with zero attached hydrogens (tertiary/aromatic N) is 1. The van der Waals surface area contributed by atoms with E-state index in [9.17, 15) is 9.59 Å². The molecule has 0 radical (unpaired) electrons. The van der Waals surface area contributed by atoms with Crippen molar-refractivity contribution >= 4 is 35.3 Å². The highest BCUT2D eigenvalue weighted by molar-refractivity contribution is 8.04. The molecule has 1 aliphatic heterocycles. The first-order valence-electron chi connectivity index (χ1n) is 10.7. The minimum absolute atomic E-state index is 0.0444. The second kappa shape index (κ2) is 9.09. The van der Waals surface area contributed by atoms with Gasteiger partial charge in [0, 0.05) is 23.5 Å². The van der Waals surface area contributed by atoms with Gasteiger partial charge in [-0.1, -0.05) is 61.7 Å². The van der Waals surface area contributed by atoms with Gasteiger partial charge in [-0.25, -0.2) is 0 Å². The van der Waals surface area contributed by atoms with Gasteiger partial charge in [0.05, 0.1) is 10.6 Å². The van der Waals surface area contributed by atoms with Crippen molar-refractivity contribution in [2.75, 3.05) is 11.9 Å². The molecule has 4 nitrogen and oxygen atoms in total. The molecule has 30 heavy (non-hydrogen) atoms. The van der Waals surface area contributed by atoms with Crippen molar-refractivity contribution in [2.24, 2.45) is 0 Å². The maximum Gasteiger partial charge on any atom is 0.264 e. The zero-order chi connectivity index (χ0) is 21.1. The predicted molar refractivity (Wildman–Crippen MR) is 124 cm³/mol. The van der Waals surface area contributed by atoms with Gasteiger partial charge in [0.15, 0.2) is 0 Å². The molecule has 2 aromatic carbocycles. The summed E-state index contributed by atoms with van der Waals surface area (Å²) in [4.78, 5) is 29.1. The van der Waals surface area contributed by atoms with Crippen LogP contribution in [0, 0.1) is 6.92 Å². The lowest BCUT2D eigenvalue weighted by atomic mass is 10.1. The van der Waals surface area contributed by atoms with Crippen LogP contribution in [0.5, 0.6) is 0 Å². The molecule has 5 heteroatoms. The molecule has 1 heterocycles. The summed E-state index contributed by atoms with van der Waals surface area (Å²) in [6, 6.07) is 14.0. The number of fused-ring (bicyclic) bond motifs is 1. The Morgan fingerprint density at radius 1 is 1.10 bits per heavy atom. The average molecular weight is 421 g/mol. The summed E-state index contributed by atoms with van der Waals surface area (Å²) in [6.07, 6.45) is 8.93. The SMILES string of the molecule is Cc1ccccc1/C=C1\Sc2ccc(C(=O)NC3CCCCCC3)cc2N(C)C1=O. The van der Waals surface area contributed by atoms with Crippen LogP contribution in [0.1, 0.15) is 60.0 Å². The first kappa shape index (κ1) is 20.7. The molecule has 0 unspecified atom stereocenters. The fraction of sp³-hybridized carbons (Fsp3) is 0.360. The van der Waals surface area contributed by atoms with Gasteiger partial charge in [-0.3, -0.25) is 9.59 Å². The molecular formula is C25H28N2O2S. The van der Waals surface area contributed by atoms with Crippen molar-refractivity contribution in [2.45, 2.75) is 56.4 Å². The highest BCUT2D eigenvalue weighted by Crippen LogP contribution is 2.42. The number of rotatable bonds is 3. The zero-order valence-corrected chi connectivity index (χ0v) is 18.4. The molecule has 4 rings (SSSR count). The highest BCUT2D eigenvalue weighted by atomic mass is 32.2. The first-order valence-corrected chi connectivity index (χ1v) is 11.5. The van der Waals surface area contributed by atoms with Gasteiger partial charge in [-0.05, 0) is 55.2 Å². The molecular weight excluding hydrogens is 392 g/mol. The largest absolute Gasteiger partial charge is 0.349 e. The number of carbonyl (C=O) groups excluding carboxylic acids is 2. The monoisotopic (exact) mass is 420 g/mol. The lowest BCUT2D eigenvalue weighted by Gasteiger charge is -2.27. The van der Waals surface area contributed by atoms with Crippen LogP contribution in [-0.2, 0) is 4.79 Å². The second-order valence-electron chi connectivity index (χ2n) is 8.18. The molecule has 0 aromatic heterocycles. The van der Waals surface area contributed by atoms with Gasteiger partial charge in [-0.15, -0.1) is 0 Å². The van der Waals surface area contributed by atoms with E-state index in [1.807, 2.05) is 55.5 Å². The Labute approximate surface area is 182 Å². The van der Waals surface area contributed by atoms with Crippen molar-refractivity contribution in [3.05, 3.63) is 64.1 Å². The van der Waals surface area contributed by atoms with E-state index in [0.717, 1.165) is 34.6 Å². The molecule has 2 aromatic rings. The summed E-state index contributed by atoms with van der Waals surface area (Å²) in [5, 5.41) is 3.20. The second-order valence-corrected chi connectivity index (χ2v) is 9.26. The van der Waals surface area contributed by atoms with Crippen LogP contribution in [0.2, 0.25) is 0 Å². The van der Waals surface area contributed by atoms with E-state index >= 15 is 0 Å². The summed E-state index contributed by atoms with van der Waals surface area (Å²) >= 11 is 1.47. The van der Waals surface area contributed by atoms with Gasteiger partial charge in [0.2, 0.25) is 0 Å². The Bertz CT molecular complexity index is 990. The van der Waals surface area contributed by atoms with E-state index in [0.29, 0.717) is 10.5 Å². The van der Waals surface area contributed by atoms with E-state index < -0.39 is 0 Å². The molecule has 156 valence electrons. The number of amides is 2. The molecule has 1 N–H and O–H groups in total. The van der Waals surface area contributed by atoms with Crippen molar-refractivity contribution in [1.29, 1.82) is 0 Å². The van der Waals surface area contributed by atoms with Crippen molar-refractivity contribution in [3.8, 4) is 0 Å². The van der Waals surface area contributed by atoms with E-state index in [2.05, 4.69) is 5.32 Å². The van der Waals surface area contributed by atoms with Crippen LogP contribution in [0.3, 0.4) is 0 Å². The van der Waals surface area contributed by atoms with E-state index in [4.69, 9.17) is 0 Å². The number of hydrogen-bond donors (Lipinski definition) is 1. The number of aryl methyl sites for hydroxylation is 1. The van der Waals surface area contributed by atoms with Crippen LogP contribution in [0.15, 0.2) is 52.3 Å². The number of benzene rings is 2. The minimum Gasteiger partial charge on any atom is -0.349 e.